The number of carbonyl (C=O) groups excluding carboxylic acids is 1. The van der Waals surface area contributed by atoms with E-state index in [1.54, 1.807) is 25.3 Å². The van der Waals surface area contributed by atoms with Crippen molar-refractivity contribution in [3.63, 3.8) is 0 Å². The zero-order valence-electron chi connectivity index (χ0n) is 16.8. The summed E-state index contributed by atoms with van der Waals surface area (Å²) in [6, 6.07) is 12.6. The van der Waals surface area contributed by atoms with E-state index in [9.17, 15) is 4.79 Å². The number of carbonyl (C=O) groups is 1. The van der Waals surface area contributed by atoms with E-state index >= 15 is 0 Å². The van der Waals surface area contributed by atoms with Crippen molar-refractivity contribution in [2.75, 3.05) is 19.0 Å². The van der Waals surface area contributed by atoms with Crippen LogP contribution in [0.5, 0.6) is 11.5 Å². The molecule has 2 N–H and O–H groups in total. The van der Waals surface area contributed by atoms with Crippen LogP contribution in [-0.4, -0.2) is 24.7 Å². The van der Waals surface area contributed by atoms with Gasteiger partial charge in [0.2, 0.25) is 0 Å². The van der Waals surface area contributed by atoms with Gasteiger partial charge in [-0.05, 0) is 77.0 Å². The number of halogens is 1. The number of thiocarbonyl (C=S) groups is 1. The number of nitrogens with one attached hydrogen (secondary N) is 2. The topological polar surface area (TPSA) is 59.6 Å². The fourth-order valence-corrected chi connectivity index (χ4v) is 3.43. The van der Waals surface area contributed by atoms with Crippen molar-refractivity contribution in [1.29, 1.82) is 0 Å². The second-order valence-electron chi connectivity index (χ2n) is 6.54. The lowest BCUT2D eigenvalue weighted by atomic mass is 10.2. The molecule has 0 unspecified atom stereocenters. The quantitative estimate of drug-likeness (QED) is 0.327. The number of methoxy groups -OCH3 is 1. The summed E-state index contributed by atoms with van der Waals surface area (Å²) in [5.41, 5.74) is 1.26. The van der Waals surface area contributed by atoms with Gasteiger partial charge in [-0.25, -0.2) is 0 Å². The monoisotopic (exact) mass is 478 g/mol. The first kappa shape index (κ1) is 23.2. The van der Waals surface area contributed by atoms with Gasteiger partial charge in [-0.3, -0.25) is 10.1 Å². The number of rotatable bonds is 10. The summed E-state index contributed by atoms with van der Waals surface area (Å²) < 4.78 is 11.6. The molecule has 5 nitrogen and oxygen atoms in total. The molecule has 0 saturated carbocycles. The molecule has 2 aromatic rings. The number of benzene rings is 2. The molecule has 29 heavy (non-hydrogen) atoms. The zero-order chi connectivity index (χ0) is 21.1. The van der Waals surface area contributed by atoms with Gasteiger partial charge in [-0.2, -0.15) is 0 Å². The molecule has 0 aliphatic rings. The van der Waals surface area contributed by atoms with Crippen molar-refractivity contribution in [2.24, 2.45) is 0 Å². The van der Waals surface area contributed by atoms with Crippen LogP contribution in [0, 0.1) is 0 Å². The number of unbranched alkanes of at least 4 members (excludes halogenated alkanes) is 4. The molecule has 2 rings (SSSR count). The summed E-state index contributed by atoms with van der Waals surface area (Å²) in [6.07, 6.45) is 6.06. The lowest BCUT2D eigenvalue weighted by Gasteiger charge is -2.11. The Morgan fingerprint density at radius 2 is 1.79 bits per heavy atom. The Kier molecular flexibility index (Phi) is 9.94. The molecule has 0 aromatic heterocycles. The van der Waals surface area contributed by atoms with Crippen LogP contribution in [0.4, 0.5) is 5.69 Å². The zero-order valence-corrected chi connectivity index (χ0v) is 19.2. The normalized spacial score (nSPS) is 10.3. The molecular formula is C22H27BrN2O3S. The van der Waals surface area contributed by atoms with E-state index in [2.05, 4.69) is 33.5 Å². The van der Waals surface area contributed by atoms with Gasteiger partial charge in [0.15, 0.2) is 5.11 Å². The van der Waals surface area contributed by atoms with Crippen LogP contribution >= 0.6 is 28.1 Å². The maximum absolute atomic E-state index is 12.3. The maximum Gasteiger partial charge on any atom is 0.257 e. The predicted molar refractivity (Wildman–Crippen MR) is 125 cm³/mol. The molecule has 0 aliphatic heterocycles. The van der Waals surface area contributed by atoms with E-state index in [-0.39, 0.29) is 11.0 Å². The van der Waals surface area contributed by atoms with Crippen molar-refractivity contribution < 1.29 is 14.3 Å². The van der Waals surface area contributed by atoms with Gasteiger partial charge < -0.3 is 14.8 Å². The molecule has 0 spiro atoms. The Hall–Kier alpha value is -2.12. The molecule has 0 atom stereocenters. The summed E-state index contributed by atoms with van der Waals surface area (Å²) in [7, 11) is 1.57. The largest absolute Gasteiger partial charge is 0.496 e. The molecular weight excluding hydrogens is 452 g/mol. The number of ether oxygens (including phenoxy) is 2. The lowest BCUT2D eigenvalue weighted by Crippen LogP contribution is -2.34. The van der Waals surface area contributed by atoms with E-state index in [0.29, 0.717) is 15.8 Å². The molecule has 0 aliphatic carbocycles. The fourth-order valence-electron chi connectivity index (χ4n) is 2.68. The first-order valence-electron chi connectivity index (χ1n) is 9.72. The summed E-state index contributed by atoms with van der Waals surface area (Å²) in [6.45, 7) is 2.93. The molecule has 2 aromatic carbocycles. The van der Waals surface area contributed by atoms with Crippen LogP contribution < -0.4 is 20.1 Å². The van der Waals surface area contributed by atoms with Crippen LogP contribution in [0.2, 0.25) is 0 Å². The molecule has 0 radical (unpaired) electrons. The minimum atomic E-state index is -0.297. The van der Waals surface area contributed by atoms with Gasteiger partial charge in [0.1, 0.15) is 11.5 Å². The fraction of sp³-hybridized carbons (Fsp3) is 0.364. The third-order valence-electron chi connectivity index (χ3n) is 4.27. The number of amides is 1. The molecule has 156 valence electrons. The Bertz CT molecular complexity index is 812. The smallest absolute Gasteiger partial charge is 0.257 e. The van der Waals surface area contributed by atoms with Crippen LogP contribution in [-0.2, 0) is 0 Å². The first-order chi connectivity index (χ1) is 14.0. The Labute approximate surface area is 186 Å². The van der Waals surface area contributed by atoms with Gasteiger partial charge in [0.05, 0.1) is 18.2 Å². The molecule has 1 amide bonds. The summed E-state index contributed by atoms with van der Waals surface area (Å²) in [5, 5.41) is 5.90. The first-order valence-corrected chi connectivity index (χ1v) is 10.9. The highest BCUT2D eigenvalue weighted by Gasteiger charge is 2.10. The van der Waals surface area contributed by atoms with Crippen LogP contribution in [0.15, 0.2) is 46.9 Å². The third-order valence-corrected chi connectivity index (χ3v) is 5.09. The molecule has 0 saturated heterocycles. The van der Waals surface area contributed by atoms with E-state index in [1.165, 1.54) is 25.7 Å². The number of hydrogen-bond donors (Lipinski definition) is 2. The molecule has 0 fully saturated rings. The Morgan fingerprint density at radius 1 is 1.07 bits per heavy atom. The highest BCUT2D eigenvalue weighted by atomic mass is 79.9. The summed E-state index contributed by atoms with van der Waals surface area (Å²) in [4.78, 5) is 12.3. The maximum atomic E-state index is 12.3. The minimum Gasteiger partial charge on any atom is -0.496 e. The predicted octanol–water partition coefficient (Wildman–Crippen LogP) is 5.93. The van der Waals surface area contributed by atoms with Crippen molar-refractivity contribution in [1.82, 2.24) is 5.32 Å². The summed E-state index contributed by atoms with van der Waals surface area (Å²) in [5.74, 6) is 1.18. The van der Waals surface area contributed by atoms with Crippen molar-refractivity contribution in [3.8, 4) is 11.5 Å². The molecule has 0 heterocycles. The number of hydrogen-bond acceptors (Lipinski definition) is 4. The van der Waals surface area contributed by atoms with Gasteiger partial charge in [-0.1, -0.05) is 32.6 Å². The minimum absolute atomic E-state index is 0.228. The average molecular weight is 479 g/mol. The average Bonchev–Trinajstić information content (AvgIpc) is 2.71. The van der Waals surface area contributed by atoms with Gasteiger partial charge in [0.25, 0.3) is 5.91 Å². The number of anilines is 1. The molecule has 0 bridgehead atoms. The SMILES string of the molecule is CCCCCCCOc1ccc(NC(=S)NC(=O)c2ccc(OC)c(Br)c2)cc1. The van der Waals surface area contributed by atoms with Crippen LogP contribution in [0.3, 0.4) is 0 Å². The van der Waals surface area contributed by atoms with Crippen molar-refractivity contribution in [3.05, 3.63) is 52.5 Å². The lowest BCUT2D eigenvalue weighted by molar-refractivity contribution is 0.0977. The summed E-state index contributed by atoms with van der Waals surface area (Å²) >= 11 is 8.61. The highest BCUT2D eigenvalue weighted by Crippen LogP contribution is 2.25. The van der Waals surface area contributed by atoms with Crippen molar-refractivity contribution >= 4 is 44.9 Å². The molecule has 7 heteroatoms. The van der Waals surface area contributed by atoms with Gasteiger partial charge in [-0.15, -0.1) is 0 Å². The highest BCUT2D eigenvalue weighted by molar-refractivity contribution is 9.10. The second-order valence-corrected chi connectivity index (χ2v) is 7.81. The van der Waals surface area contributed by atoms with E-state index < -0.39 is 0 Å². The van der Waals surface area contributed by atoms with E-state index in [0.717, 1.165) is 24.5 Å². The standard InChI is InChI=1S/C22H27BrN2O3S/c1-3-4-5-6-7-14-28-18-11-9-17(10-12-18)24-22(29)25-21(26)16-8-13-20(27-2)19(23)15-16/h8-13,15H,3-7,14H2,1-2H3,(H2,24,25,26,29). The Balaban J connectivity index is 1.78. The van der Waals surface area contributed by atoms with E-state index in [1.807, 2.05) is 24.3 Å². The van der Waals surface area contributed by atoms with Gasteiger partial charge >= 0.3 is 0 Å². The van der Waals surface area contributed by atoms with Crippen molar-refractivity contribution in [2.45, 2.75) is 39.0 Å². The van der Waals surface area contributed by atoms with Crippen LogP contribution in [0.25, 0.3) is 0 Å². The van der Waals surface area contributed by atoms with E-state index in [4.69, 9.17) is 21.7 Å². The second kappa shape index (κ2) is 12.4. The Morgan fingerprint density at radius 3 is 2.45 bits per heavy atom. The van der Waals surface area contributed by atoms with Crippen LogP contribution in [0.1, 0.15) is 49.4 Å². The van der Waals surface area contributed by atoms with Gasteiger partial charge in [0, 0.05) is 11.3 Å². The third kappa shape index (κ3) is 8.03.